The number of nitrogens with zero attached hydrogens (tertiary/aromatic N) is 1. The van der Waals surface area contributed by atoms with Crippen LogP contribution in [0.25, 0.3) is 0 Å². The van der Waals surface area contributed by atoms with Gasteiger partial charge in [0, 0.05) is 11.3 Å². The molecule has 0 aromatic carbocycles. The largest absolute Gasteiger partial charge is 0.299 e. The molecule has 0 aliphatic carbocycles. The predicted octanol–water partition coefficient (Wildman–Crippen LogP) is 1.02. The van der Waals surface area contributed by atoms with E-state index in [1.807, 2.05) is 6.92 Å². The van der Waals surface area contributed by atoms with Crippen LogP contribution in [0.2, 0.25) is 0 Å². The first-order chi connectivity index (χ1) is 4.66. The summed E-state index contributed by atoms with van der Waals surface area (Å²) >= 11 is 0. The molecule has 0 aliphatic rings. The van der Waals surface area contributed by atoms with E-state index in [-0.39, 0.29) is 18.7 Å². The molecule has 0 aliphatic heterocycles. The van der Waals surface area contributed by atoms with Crippen LogP contribution in [-0.2, 0) is 4.79 Å². The Bertz CT molecular complexity index is 133. The first-order valence-electron chi connectivity index (χ1n) is 3.30. The van der Waals surface area contributed by atoms with Gasteiger partial charge in [0.1, 0.15) is 5.78 Å². The molecular formula is C6H11NO3. The van der Waals surface area contributed by atoms with Crippen LogP contribution in [0.1, 0.15) is 26.2 Å². The molecule has 0 bridgehead atoms. The molecule has 4 nitrogen and oxygen atoms in total. The Morgan fingerprint density at radius 3 is 2.50 bits per heavy atom. The van der Waals surface area contributed by atoms with Crippen LogP contribution in [0.5, 0.6) is 0 Å². The third-order valence-electron chi connectivity index (χ3n) is 1.10. The molecule has 0 amide bonds. The molecule has 0 rings (SSSR count). The van der Waals surface area contributed by atoms with Gasteiger partial charge in [-0.1, -0.05) is 6.92 Å². The molecule has 10 heavy (non-hydrogen) atoms. The van der Waals surface area contributed by atoms with Crippen molar-refractivity contribution in [2.75, 3.05) is 6.54 Å². The maximum Gasteiger partial charge on any atom is 0.210 e. The van der Waals surface area contributed by atoms with Gasteiger partial charge in [-0.2, -0.15) is 0 Å². The number of hydrogen-bond donors (Lipinski definition) is 0. The van der Waals surface area contributed by atoms with Gasteiger partial charge in [0.05, 0.1) is 6.42 Å². The summed E-state index contributed by atoms with van der Waals surface area (Å²) in [6, 6.07) is 0. The van der Waals surface area contributed by atoms with Gasteiger partial charge in [0.25, 0.3) is 0 Å². The first kappa shape index (κ1) is 9.07. The lowest BCUT2D eigenvalue weighted by Gasteiger charge is -1.92. The maximum atomic E-state index is 10.6. The fraction of sp³-hybridized carbons (Fsp3) is 0.833. The van der Waals surface area contributed by atoms with E-state index in [1.54, 1.807) is 0 Å². The molecule has 0 aromatic rings. The van der Waals surface area contributed by atoms with Gasteiger partial charge in [-0.15, -0.1) is 0 Å². The van der Waals surface area contributed by atoms with Crippen LogP contribution in [0.3, 0.4) is 0 Å². The van der Waals surface area contributed by atoms with Crippen LogP contribution in [0.15, 0.2) is 0 Å². The van der Waals surface area contributed by atoms with Crippen molar-refractivity contribution in [3.63, 3.8) is 0 Å². The first-order valence-corrected chi connectivity index (χ1v) is 3.30. The number of hydrogen-bond acceptors (Lipinski definition) is 3. The van der Waals surface area contributed by atoms with E-state index in [4.69, 9.17) is 0 Å². The van der Waals surface area contributed by atoms with Crippen molar-refractivity contribution >= 4 is 5.78 Å². The average Bonchev–Trinajstić information content (AvgIpc) is 1.85. The molecule has 0 heterocycles. The van der Waals surface area contributed by atoms with E-state index in [1.165, 1.54) is 0 Å². The second-order valence-electron chi connectivity index (χ2n) is 2.10. The van der Waals surface area contributed by atoms with Gasteiger partial charge < -0.3 is 0 Å². The Morgan fingerprint density at radius 1 is 1.50 bits per heavy atom. The van der Waals surface area contributed by atoms with Crippen molar-refractivity contribution in [1.29, 1.82) is 0 Å². The number of carbonyl (C=O) groups is 1. The second kappa shape index (κ2) is 4.90. The minimum atomic E-state index is -0.465. The van der Waals surface area contributed by atoms with Crippen LogP contribution < -0.4 is 0 Å². The van der Waals surface area contributed by atoms with Crippen LogP contribution >= 0.6 is 0 Å². The van der Waals surface area contributed by atoms with Gasteiger partial charge in [0.2, 0.25) is 6.54 Å². The van der Waals surface area contributed by atoms with Crippen molar-refractivity contribution < 1.29 is 9.72 Å². The summed E-state index contributed by atoms with van der Waals surface area (Å²) in [4.78, 5) is 19.9. The van der Waals surface area contributed by atoms with Crippen LogP contribution in [0, 0.1) is 10.1 Å². The zero-order chi connectivity index (χ0) is 7.98. The lowest BCUT2D eigenvalue weighted by Crippen LogP contribution is -2.07. The molecule has 58 valence electrons. The number of rotatable bonds is 5. The summed E-state index contributed by atoms with van der Waals surface area (Å²) in [5, 5.41) is 9.76. The fourth-order valence-electron chi connectivity index (χ4n) is 0.620. The summed E-state index contributed by atoms with van der Waals surface area (Å²) in [5.41, 5.74) is 0. The minimum Gasteiger partial charge on any atom is -0.299 e. The van der Waals surface area contributed by atoms with E-state index in [2.05, 4.69) is 0 Å². The number of ketones is 1. The molecular weight excluding hydrogens is 134 g/mol. The van der Waals surface area contributed by atoms with E-state index in [0.29, 0.717) is 6.42 Å². The van der Waals surface area contributed by atoms with E-state index >= 15 is 0 Å². The Hall–Kier alpha value is -0.930. The van der Waals surface area contributed by atoms with E-state index in [9.17, 15) is 14.9 Å². The Labute approximate surface area is 59.4 Å². The molecule has 0 N–H and O–H groups in total. The van der Waals surface area contributed by atoms with Crippen molar-refractivity contribution in [1.82, 2.24) is 0 Å². The summed E-state index contributed by atoms with van der Waals surface area (Å²) < 4.78 is 0. The molecule has 0 aromatic heterocycles. The Balaban J connectivity index is 3.30. The van der Waals surface area contributed by atoms with Gasteiger partial charge >= 0.3 is 0 Å². The second-order valence-corrected chi connectivity index (χ2v) is 2.10. The standard InChI is InChI=1S/C6H11NO3/c1-2-3-6(8)4-5-7(9)10/h2-5H2,1H3. The van der Waals surface area contributed by atoms with Crippen molar-refractivity contribution in [2.24, 2.45) is 0 Å². The third-order valence-corrected chi connectivity index (χ3v) is 1.10. The van der Waals surface area contributed by atoms with Crippen molar-refractivity contribution in [2.45, 2.75) is 26.2 Å². The zero-order valence-electron chi connectivity index (χ0n) is 6.00. The van der Waals surface area contributed by atoms with E-state index in [0.717, 1.165) is 6.42 Å². The quantitative estimate of drug-likeness (QED) is 0.428. The zero-order valence-corrected chi connectivity index (χ0v) is 6.00. The highest BCUT2D eigenvalue weighted by atomic mass is 16.6. The van der Waals surface area contributed by atoms with Gasteiger partial charge in [-0.3, -0.25) is 14.9 Å². The van der Waals surface area contributed by atoms with Gasteiger partial charge in [-0.05, 0) is 6.42 Å². The molecule has 0 saturated heterocycles. The number of Topliss-reactive ketones (excluding diaryl/α,β-unsaturated/α-hetero) is 1. The molecule has 0 saturated carbocycles. The summed E-state index contributed by atoms with van der Waals surface area (Å²) in [6.45, 7) is 1.66. The monoisotopic (exact) mass is 145 g/mol. The topological polar surface area (TPSA) is 60.2 Å². The molecule has 0 atom stereocenters. The maximum absolute atomic E-state index is 10.6. The fourth-order valence-corrected chi connectivity index (χ4v) is 0.620. The Kier molecular flexibility index (Phi) is 4.45. The lowest BCUT2D eigenvalue weighted by molar-refractivity contribution is -0.478. The van der Waals surface area contributed by atoms with Gasteiger partial charge in [-0.25, -0.2) is 0 Å². The summed E-state index contributed by atoms with van der Waals surface area (Å²) in [7, 11) is 0. The highest BCUT2D eigenvalue weighted by Gasteiger charge is 2.04. The third kappa shape index (κ3) is 5.21. The molecule has 0 unspecified atom stereocenters. The summed E-state index contributed by atoms with van der Waals surface area (Å²) in [5.74, 6) is -0.0146. The molecule has 0 spiro atoms. The summed E-state index contributed by atoms with van der Waals surface area (Å²) in [6.07, 6.45) is 1.32. The van der Waals surface area contributed by atoms with Crippen LogP contribution in [-0.4, -0.2) is 17.3 Å². The lowest BCUT2D eigenvalue weighted by atomic mass is 10.2. The van der Waals surface area contributed by atoms with Gasteiger partial charge in [0.15, 0.2) is 0 Å². The average molecular weight is 145 g/mol. The smallest absolute Gasteiger partial charge is 0.210 e. The number of nitro groups is 1. The molecule has 4 heteroatoms. The molecule has 0 fully saturated rings. The van der Waals surface area contributed by atoms with Crippen molar-refractivity contribution in [3.8, 4) is 0 Å². The Morgan fingerprint density at radius 2 is 2.10 bits per heavy atom. The van der Waals surface area contributed by atoms with Crippen molar-refractivity contribution in [3.05, 3.63) is 10.1 Å². The number of carbonyl (C=O) groups excluding carboxylic acids is 1. The molecule has 0 radical (unpaired) electrons. The SMILES string of the molecule is CCCC(=O)CC[N+](=O)[O-]. The normalized spacial score (nSPS) is 9.30. The highest BCUT2D eigenvalue weighted by Crippen LogP contribution is 1.93. The predicted molar refractivity (Wildman–Crippen MR) is 36.4 cm³/mol. The minimum absolute atomic E-state index is 0.0146. The highest BCUT2D eigenvalue weighted by molar-refractivity contribution is 5.78. The van der Waals surface area contributed by atoms with Crippen LogP contribution in [0.4, 0.5) is 0 Å². The van der Waals surface area contributed by atoms with E-state index < -0.39 is 4.92 Å².